The summed E-state index contributed by atoms with van der Waals surface area (Å²) in [7, 11) is 0. The number of carboxylic acid groups (broad SMARTS) is 1. The van der Waals surface area contributed by atoms with Crippen molar-refractivity contribution in [2.45, 2.75) is 58.4 Å². The number of aliphatic carboxylic acids is 1. The molecule has 2 atom stereocenters. The first-order valence-electron chi connectivity index (χ1n) is 10.9. The molecule has 1 heterocycles. The predicted molar refractivity (Wildman–Crippen MR) is 123 cm³/mol. The van der Waals surface area contributed by atoms with Gasteiger partial charge in [-0.15, -0.1) is 5.10 Å². The normalized spacial score (nSPS) is 13.1. The molecular weight excluding hydrogens is 438 g/mol. The third-order valence-electron chi connectivity index (χ3n) is 4.85. The maximum Gasteiger partial charge on any atom is 0.408 e. The van der Waals surface area contributed by atoms with E-state index in [0.29, 0.717) is 12.2 Å². The molecule has 180 valence electrons. The zero-order chi connectivity index (χ0) is 24.7. The SMILES string of the molecule is C[C@@H](C(=O)O)n1nnnc1[C@H](Cc1ccc(OC(C)(C)C)cc1)NC(=O)OCc1ccccc1. The minimum absolute atomic E-state index is 0.0920. The number of tetrazole rings is 1. The zero-order valence-corrected chi connectivity index (χ0v) is 19.6. The third-order valence-corrected chi connectivity index (χ3v) is 4.85. The second-order valence-corrected chi connectivity index (χ2v) is 8.82. The number of rotatable bonds is 9. The third kappa shape index (κ3) is 7.03. The fourth-order valence-electron chi connectivity index (χ4n) is 3.21. The van der Waals surface area contributed by atoms with E-state index in [-0.39, 0.29) is 18.0 Å². The highest BCUT2D eigenvalue weighted by Crippen LogP contribution is 2.23. The van der Waals surface area contributed by atoms with Gasteiger partial charge in [0.05, 0.1) is 6.04 Å². The number of carbonyl (C=O) groups excluding carboxylic acids is 1. The first-order valence-corrected chi connectivity index (χ1v) is 10.9. The molecule has 34 heavy (non-hydrogen) atoms. The molecule has 1 amide bonds. The monoisotopic (exact) mass is 467 g/mol. The fraction of sp³-hybridized carbons (Fsp3) is 0.375. The summed E-state index contributed by atoms with van der Waals surface area (Å²) in [5, 5.41) is 23.6. The number of carboxylic acids is 1. The Morgan fingerprint density at radius 1 is 1.06 bits per heavy atom. The van der Waals surface area contributed by atoms with Gasteiger partial charge in [-0.2, -0.15) is 0 Å². The number of alkyl carbamates (subject to hydrolysis) is 1. The van der Waals surface area contributed by atoms with Gasteiger partial charge < -0.3 is 19.9 Å². The first-order chi connectivity index (χ1) is 16.1. The van der Waals surface area contributed by atoms with Crippen molar-refractivity contribution >= 4 is 12.1 Å². The van der Waals surface area contributed by atoms with Crippen LogP contribution in [0, 0.1) is 0 Å². The van der Waals surface area contributed by atoms with Gasteiger partial charge >= 0.3 is 12.1 Å². The van der Waals surface area contributed by atoms with Gasteiger partial charge in [0.2, 0.25) is 0 Å². The number of aromatic nitrogens is 4. The molecule has 3 rings (SSSR count). The van der Waals surface area contributed by atoms with Crippen molar-refractivity contribution in [2.75, 3.05) is 0 Å². The molecule has 0 aliphatic heterocycles. The van der Waals surface area contributed by atoms with E-state index in [1.54, 1.807) is 0 Å². The summed E-state index contributed by atoms with van der Waals surface area (Å²) in [5.41, 5.74) is 1.38. The van der Waals surface area contributed by atoms with Crippen molar-refractivity contribution in [1.29, 1.82) is 0 Å². The van der Waals surface area contributed by atoms with Gasteiger partial charge in [0.25, 0.3) is 0 Å². The molecule has 0 saturated heterocycles. The number of benzene rings is 2. The van der Waals surface area contributed by atoms with Gasteiger partial charge in [-0.05, 0) is 61.4 Å². The summed E-state index contributed by atoms with van der Waals surface area (Å²) < 4.78 is 12.4. The molecule has 0 radical (unpaired) electrons. The van der Waals surface area contributed by atoms with Gasteiger partial charge in [-0.3, -0.25) is 0 Å². The summed E-state index contributed by atoms with van der Waals surface area (Å²) in [4.78, 5) is 24.1. The number of amides is 1. The second-order valence-electron chi connectivity index (χ2n) is 8.82. The van der Waals surface area contributed by atoms with Crippen LogP contribution in [0.2, 0.25) is 0 Å². The highest BCUT2D eigenvalue weighted by atomic mass is 16.5. The molecule has 1 aromatic heterocycles. The van der Waals surface area contributed by atoms with E-state index in [1.807, 2.05) is 75.4 Å². The number of hydrogen-bond donors (Lipinski definition) is 2. The van der Waals surface area contributed by atoms with Crippen LogP contribution in [0.1, 0.15) is 56.7 Å². The van der Waals surface area contributed by atoms with Crippen molar-refractivity contribution in [1.82, 2.24) is 25.5 Å². The number of hydrogen-bond acceptors (Lipinski definition) is 7. The fourth-order valence-corrected chi connectivity index (χ4v) is 3.21. The Bertz CT molecular complexity index is 1090. The minimum Gasteiger partial charge on any atom is -0.488 e. The molecule has 0 aliphatic carbocycles. The van der Waals surface area contributed by atoms with Gasteiger partial charge in [0.15, 0.2) is 11.9 Å². The van der Waals surface area contributed by atoms with Gasteiger partial charge in [0, 0.05) is 6.42 Å². The lowest BCUT2D eigenvalue weighted by atomic mass is 10.0. The van der Waals surface area contributed by atoms with Crippen molar-refractivity contribution in [3.63, 3.8) is 0 Å². The smallest absolute Gasteiger partial charge is 0.408 e. The highest BCUT2D eigenvalue weighted by Gasteiger charge is 2.27. The van der Waals surface area contributed by atoms with Crippen LogP contribution in [-0.2, 0) is 22.6 Å². The molecule has 2 N–H and O–H groups in total. The number of nitrogens with zero attached hydrogens (tertiary/aromatic N) is 4. The molecule has 10 nitrogen and oxygen atoms in total. The number of ether oxygens (including phenoxy) is 2. The Morgan fingerprint density at radius 3 is 2.35 bits per heavy atom. The topological polar surface area (TPSA) is 128 Å². The Morgan fingerprint density at radius 2 is 1.74 bits per heavy atom. The van der Waals surface area contributed by atoms with Crippen LogP contribution in [0.3, 0.4) is 0 Å². The van der Waals surface area contributed by atoms with Crippen LogP contribution in [0.25, 0.3) is 0 Å². The Balaban J connectivity index is 1.79. The Labute approximate surface area is 197 Å². The molecule has 0 saturated carbocycles. The maximum atomic E-state index is 12.6. The van der Waals surface area contributed by atoms with E-state index in [9.17, 15) is 14.7 Å². The van der Waals surface area contributed by atoms with Crippen LogP contribution in [0.4, 0.5) is 4.79 Å². The summed E-state index contributed by atoms with van der Waals surface area (Å²) in [6, 6.07) is 15.0. The standard InChI is InChI=1S/C24H29N5O5/c1-16(22(30)31)29-21(26-27-28-29)20(25-23(32)33-15-18-8-6-5-7-9-18)14-17-10-12-19(13-11-17)34-24(2,3)4/h5-13,16,20H,14-15H2,1-4H3,(H,25,32)(H,30,31)/t16-,20-/m0/s1. The van der Waals surface area contributed by atoms with E-state index >= 15 is 0 Å². The molecule has 0 aliphatic rings. The van der Waals surface area contributed by atoms with Crippen molar-refractivity contribution in [2.24, 2.45) is 0 Å². The lowest BCUT2D eigenvalue weighted by molar-refractivity contribution is -0.140. The van der Waals surface area contributed by atoms with Crippen LogP contribution in [0.15, 0.2) is 54.6 Å². The van der Waals surface area contributed by atoms with Crippen LogP contribution >= 0.6 is 0 Å². The minimum atomic E-state index is -1.09. The van der Waals surface area contributed by atoms with E-state index in [1.165, 1.54) is 11.6 Å². The molecule has 0 fully saturated rings. The first kappa shape index (κ1) is 24.7. The molecule has 0 spiro atoms. The highest BCUT2D eigenvalue weighted by molar-refractivity contribution is 5.71. The van der Waals surface area contributed by atoms with E-state index in [2.05, 4.69) is 20.8 Å². The molecule has 3 aromatic rings. The summed E-state index contributed by atoms with van der Waals surface area (Å²) in [5.74, 6) is -0.170. The summed E-state index contributed by atoms with van der Waals surface area (Å²) in [6.45, 7) is 7.45. The average Bonchev–Trinajstić information content (AvgIpc) is 3.27. The van der Waals surface area contributed by atoms with Crippen molar-refractivity contribution in [3.05, 3.63) is 71.5 Å². The Kier molecular flexibility index (Phi) is 7.83. The van der Waals surface area contributed by atoms with E-state index in [4.69, 9.17) is 9.47 Å². The summed E-state index contributed by atoms with van der Waals surface area (Å²) >= 11 is 0. The molecule has 0 bridgehead atoms. The molecule has 2 aromatic carbocycles. The molecule has 0 unspecified atom stereocenters. The van der Waals surface area contributed by atoms with Crippen LogP contribution in [-0.4, -0.2) is 43.0 Å². The van der Waals surface area contributed by atoms with E-state index in [0.717, 1.165) is 11.1 Å². The van der Waals surface area contributed by atoms with Crippen LogP contribution < -0.4 is 10.1 Å². The second kappa shape index (κ2) is 10.8. The molecular formula is C24H29N5O5. The largest absolute Gasteiger partial charge is 0.488 e. The van der Waals surface area contributed by atoms with Gasteiger partial charge in [0.1, 0.15) is 18.0 Å². The quantitative estimate of drug-likeness (QED) is 0.487. The zero-order valence-electron chi connectivity index (χ0n) is 19.6. The Hall–Kier alpha value is -3.95. The van der Waals surface area contributed by atoms with Crippen molar-refractivity contribution < 1.29 is 24.2 Å². The number of carbonyl (C=O) groups is 2. The van der Waals surface area contributed by atoms with E-state index < -0.39 is 24.1 Å². The van der Waals surface area contributed by atoms with Crippen molar-refractivity contribution in [3.8, 4) is 5.75 Å². The lowest BCUT2D eigenvalue weighted by Crippen LogP contribution is -2.34. The molecule has 10 heteroatoms. The van der Waals surface area contributed by atoms with Gasteiger partial charge in [-0.25, -0.2) is 14.3 Å². The predicted octanol–water partition coefficient (Wildman–Crippen LogP) is 3.71. The lowest BCUT2D eigenvalue weighted by Gasteiger charge is -2.22. The van der Waals surface area contributed by atoms with Gasteiger partial charge in [-0.1, -0.05) is 42.5 Å². The average molecular weight is 468 g/mol. The maximum absolute atomic E-state index is 12.6. The van der Waals surface area contributed by atoms with Crippen LogP contribution in [0.5, 0.6) is 5.75 Å². The number of nitrogens with one attached hydrogen (secondary N) is 1. The summed E-state index contributed by atoms with van der Waals surface area (Å²) in [6.07, 6.45) is -0.359.